The van der Waals surface area contributed by atoms with E-state index in [2.05, 4.69) is 24.4 Å². The minimum atomic E-state index is -0.521. The summed E-state index contributed by atoms with van der Waals surface area (Å²) >= 11 is 1.67. The van der Waals surface area contributed by atoms with Gasteiger partial charge in [0.15, 0.2) is 0 Å². The van der Waals surface area contributed by atoms with Crippen LogP contribution < -0.4 is 0 Å². The molecule has 0 amide bonds. The van der Waals surface area contributed by atoms with E-state index in [1.54, 1.807) is 11.3 Å². The van der Waals surface area contributed by atoms with Crippen molar-refractivity contribution in [3.05, 3.63) is 40.7 Å². The van der Waals surface area contributed by atoms with Crippen LogP contribution in [0, 0.1) is 5.92 Å². The first-order valence-corrected chi connectivity index (χ1v) is 8.29. The van der Waals surface area contributed by atoms with Gasteiger partial charge in [-0.25, -0.2) is 4.98 Å². The first kappa shape index (κ1) is 13.8. The maximum Gasteiger partial charge on any atom is 0.0961 e. The van der Waals surface area contributed by atoms with Gasteiger partial charge in [-0.3, -0.25) is 0 Å². The largest absolute Gasteiger partial charge is 0.389 e. The Hall–Kier alpha value is -1.19. The van der Waals surface area contributed by atoms with E-state index in [4.69, 9.17) is 4.98 Å². The Kier molecular flexibility index (Phi) is 3.90. The Bertz CT molecular complexity index is 565. The first-order valence-electron chi connectivity index (χ1n) is 7.41. The molecule has 1 aromatic heterocycles. The molecule has 2 nitrogen and oxygen atoms in total. The van der Waals surface area contributed by atoms with Crippen LogP contribution in [0.15, 0.2) is 35.7 Å². The fourth-order valence-corrected chi connectivity index (χ4v) is 4.08. The molecule has 2 unspecified atom stereocenters. The summed E-state index contributed by atoms with van der Waals surface area (Å²) < 4.78 is 0. The number of aliphatic hydroxyl groups is 1. The number of rotatable bonds is 4. The summed E-state index contributed by atoms with van der Waals surface area (Å²) in [6.07, 6.45) is 4.90. The fraction of sp³-hybridized carbons (Fsp3) is 0.471. The lowest BCUT2D eigenvalue weighted by atomic mass is 9.96. The van der Waals surface area contributed by atoms with E-state index in [-0.39, 0.29) is 0 Å². The van der Waals surface area contributed by atoms with E-state index >= 15 is 0 Å². The Labute approximate surface area is 124 Å². The van der Waals surface area contributed by atoms with Crippen molar-refractivity contribution in [2.75, 3.05) is 0 Å². The predicted octanol–water partition coefficient (Wildman–Crippen LogP) is 4.29. The molecule has 1 fully saturated rings. The number of thiazole rings is 1. The van der Waals surface area contributed by atoms with Crippen LogP contribution in [0.2, 0.25) is 0 Å². The number of nitrogens with zero attached hydrogens (tertiary/aromatic N) is 1. The van der Waals surface area contributed by atoms with Gasteiger partial charge in [-0.15, -0.1) is 11.3 Å². The molecule has 0 bridgehead atoms. The van der Waals surface area contributed by atoms with Gasteiger partial charge in [-0.05, 0) is 25.2 Å². The lowest BCUT2D eigenvalue weighted by Crippen LogP contribution is -2.27. The maximum absolute atomic E-state index is 10.7. The van der Waals surface area contributed by atoms with Gasteiger partial charge < -0.3 is 5.11 Å². The second-order valence-corrected chi connectivity index (χ2v) is 6.85. The van der Waals surface area contributed by atoms with Crippen LogP contribution in [-0.2, 0) is 6.42 Å². The molecule has 0 saturated heterocycles. The topological polar surface area (TPSA) is 33.1 Å². The second-order valence-electron chi connectivity index (χ2n) is 5.91. The quantitative estimate of drug-likeness (QED) is 0.909. The van der Waals surface area contributed by atoms with Crippen LogP contribution in [0.25, 0.3) is 11.3 Å². The van der Waals surface area contributed by atoms with E-state index in [9.17, 15) is 5.11 Å². The molecule has 1 aliphatic carbocycles. The minimum absolute atomic E-state index is 0.521. The zero-order valence-corrected chi connectivity index (χ0v) is 12.7. The number of hydrogen-bond acceptors (Lipinski definition) is 3. The Morgan fingerprint density at radius 2 is 2.15 bits per heavy atom. The van der Waals surface area contributed by atoms with E-state index in [0.29, 0.717) is 12.3 Å². The molecule has 2 atom stereocenters. The molecule has 106 valence electrons. The van der Waals surface area contributed by atoms with Crippen LogP contribution in [0.4, 0.5) is 0 Å². The third kappa shape index (κ3) is 2.94. The van der Waals surface area contributed by atoms with Crippen molar-refractivity contribution >= 4 is 11.3 Å². The van der Waals surface area contributed by atoms with Crippen LogP contribution >= 0.6 is 11.3 Å². The SMILES string of the molecule is CCC1CCC(O)(Cc2nc(-c3ccccc3)cs2)C1. The number of hydrogen-bond donors (Lipinski definition) is 1. The monoisotopic (exact) mass is 287 g/mol. The van der Waals surface area contributed by atoms with Crippen molar-refractivity contribution < 1.29 is 5.11 Å². The molecule has 3 rings (SSSR count). The zero-order chi connectivity index (χ0) is 14.0. The van der Waals surface area contributed by atoms with E-state index < -0.39 is 5.60 Å². The lowest BCUT2D eigenvalue weighted by Gasteiger charge is -2.21. The zero-order valence-electron chi connectivity index (χ0n) is 11.9. The highest BCUT2D eigenvalue weighted by molar-refractivity contribution is 7.09. The summed E-state index contributed by atoms with van der Waals surface area (Å²) in [4.78, 5) is 4.70. The van der Waals surface area contributed by atoms with Gasteiger partial charge in [-0.1, -0.05) is 43.7 Å². The molecule has 0 aliphatic heterocycles. The predicted molar refractivity (Wildman–Crippen MR) is 83.8 cm³/mol. The van der Waals surface area contributed by atoms with Crippen molar-refractivity contribution in [3.8, 4) is 11.3 Å². The molecule has 0 spiro atoms. The standard InChI is InChI=1S/C17H21NOS/c1-2-13-8-9-17(19,10-13)11-16-18-15(12-20-16)14-6-4-3-5-7-14/h3-7,12-13,19H,2,8-11H2,1H3. The summed E-state index contributed by atoms with van der Waals surface area (Å²) in [5, 5.41) is 13.8. The first-order chi connectivity index (χ1) is 9.68. The smallest absolute Gasteiger partial charge is 0.0961 e. The lowest BCUT2D eigenvalue weighted by molar-refractivity contribution is 0.0436. The summed E-state index contributed by atoms with van der Waals surface area (Å²) in [6.45, 7) is 2.22. The van der Waals surface area contributed by atoms with Gasteiger partial charge in [0.2, 0.25) is 0 Å². The highest BCUT2D eigenvalue weighted by atomic mass is 32.1. The summed E-state index contributed by atoms with van der Waals surface area (Å²) in [5.41, 5.74) is 1.66. The third-order valence-corrected chi connectivity index (χ3v) is 5.21. The number of benzene rings is 1. The van der Waals surface area contributed by atoms with Crippen molar-refractivity contribution in [3.63, 3.8) is 0 Å². The molecule has 1 heterocycles. The Balaban J connectivity index is 1.72. The average Bonchev–Trinajstić information content (AvgIpc) is 3.07. The second kappa shape index (κ2) is 5.66. The van der Waals surface area contributed by atoms with Crippen molar-refractivity contribution in [1.82, 2.24) is 4.98 Å². The van der Waals surface area contributed by atoms with Gasteiger partial charge in [0.1, 0.15) is 0 Å². The highest BCUT2D eigenvalue weighted by Gasteiger charge is 2.37. The normalized spacial score (nSPS) is 26.0. The fourth-order valence-electron chi connectivity index (χ4n) is 3.14. The van der Waals surface area contributed by atoms with E-state index in [1.807, 2.05) is 18.2 Å². The maximum atomic E-state index is 10.7. The van der Waals surface area contributed by atoms with Gasteiger partial charge in [0.05, 0.1) is 16.3 Å². The summed E-state index contributed by atoms with van der Waals surface area (Å²) in [5.74, 6) is 0.688. The van der Waals surface area contributed by atoms with Crippen LogP contribution in [0.5, 0.6) is 0 Å². The number of aromatic nitrogens is 1. The molecular weight excluding hydrogens is 266 g/mol. The Morgan fingerprint density at radius 3 is 2.85 bits per heavy atom. The van der Waals surface area contributed by atoms with Gasteiger partial charge in [-0.2, -0.15) is 0 Å². The van der Waals surface area contributed by atoms with E-state index in [0.717, 1.165) is 35.5 Å². The van der Waals surface area contributed by atoms with Crippen molar-refractivity contribution in [2.45, 2.75) is 44.6 Å². The Morgan fingerprint density at radius 1 is 1.35 bits per heavy atom. The van der Waals surface area contributed by atoms with Crippen LogP contribution in [0.3, 0.4) is 0 Å². The molecule has 3 heteroatoms. The van der Waals surface area contributed by atoms with Crippen molar-refractivity contribution in [2.24, 2.45) is 5.92 Å². The van der Waals surface area contributed by atoms with Gasteiger partial charge >= 0.3 is 0 Å². The molecular formula is C17H21NOS. The molecule has 2 aromatic rings. The third-order valence-electron chi connectivity index (χ3n) is 4.37. The molecule has 1 aliphatic rings. The van der Waals surface area contributed by atoms with Gasteiger partial charge in [0.25, 0.3) is 0 Å². The minimum Gasteiger partial charge on any atom is -0.389 e. The molecule has 20 heavy (non-hydrogen) atoms. The molecule has 0 radical (unpaired) electrons. The summed E-state index contributed by atoms with van der Waals surface area (Å²) in [7, 11) is 0. The molecule has 1 saturated carbocycles. The average molecular weight is 287 g/mol. The molecule has 1 N–H and O–H groups in total. The molecule has 1 aromatic carbocycles. The van der Waals surface area contributed by atoms with Crippen LogP contribution in [0.1, 0.15) is 37.6 Å². The highest BCUT2D eigenvalue weighted by Crippen LogP contribution is 2.39. The van der Waals surface area contributed by atoms with Crippen molar-refractivity contribution in [1.29, 1.82) is 0 Å². The van der Waals surface area contributed by atoms with Gasteiger partial charge in [0, 0.05) is 17.4 Å². The van der Waals surface area contributed by atoms with E-state index in [1.165, 1.54) is 6.42 Å². The summed E-state index contributed by atoms with van der Waals surface area (Å²) in [6, 6.07) is 10.2. The van der Waals surface area contributed by atoms with Crippen LogP contribution in [-0.4, -0.2) is 15.7 Å².